The lowest BCUT2D eigenvalue weighted by Crippen LogP contribution is -2.27. The first-order chi connectivity index (χ1) is 19.0. The summed E-state index contributed by atoms with van der Waals surface area (Å²) in [6.45, 7) is 0. The summed E-state index contributed by atoms with van der Waals surface area (Å²) in [5, 5.41) is 27.0. The number of nitrogens with zero attached hydrogens (tertiary/aromatic N) is 5. The van der Waals surface area contributed by atoms with E-state index in [-0.39, 0.29) is 22.5 Å². The third-order valence-electron chi connectivity index (χ3n) is 6.03. The molecule has 2 aromatic heterocycles. The van der Waals surface area contributed by atoms with Crippen LogP contribution in [0.1, 0.15) is 11.1 Å². The van der Waals surface area contributed by atoms with Gasteiger partial charge in [0.05, 0.1) is 24.2 Å². The Labute approximate surface area is 232 Å². The Morgan fingerprint density at radius 1 is 0.923 bits per heavy atom. The molecule has 0 spiro atoms. The molecule has 39 heavy (non-hydrogen) atoms. The Bertz CT molecular complexity index is 1890. The van der Waals surface area contributed by atoms with Gasteiger partial charge in [0.1, 0.15) is 29.0 Å². The zero-order valence-electron chi connectivity index (χ0n) is 20.5. The van der Waals surface area contributed by atoms with Crippen molar-refractivity contribution in [2.24, 2.45) is 5.10 Å². The normalized spacial score (nSPS) is 11.1. The van der Waals surface area contributed by atoms with Crippen molar-refractivity contribution in [3.63, 3.8) is 0 Å². The van der Waals surface area contributed by atoms with Gasteiger partial charge in [0.2, 0.25) is 4.80 Å². The third-order valence-corrected chi connectivity index (χ3v) is 7.10. The molecule has 0 saturated carbocycles. The number of nitrogen functional groups attached to an aromatic ring is 1. The maximum atomic E-state index is 13.6. The van der Waals surface area contributed by atoms with Gasteiger partial charge < -0.3 is 10.5 Å². The topological polar surface area (TPSA) is 122 Å². The van der Waals surface area contributed by atoms with E-state index in [1.807, 2.05) is 58.5 Å². The number of pyridine rings is 1. The Morgan fingerprint density at radius 2 is 1.56 bits per heavy atom. The van der Waals surface area contributed by atoms with E-state index in [9.17, 15) is 15.3 Å². The fraction of sp³-hybridized carbons (Fsp3) is 0.0345. The molecule has 0 saturated heterocycles. The van der Waals surface area contributed by atoms with Gasteiger partial charge in [-0.25, -0.2) is 0 Å². The largest absolute Gasteiger partial charge is 0.497 e. The molecule has 0 aliphatic rings. The van der Waals surface area contributed by atoms with Crippen LogP contribution in [0.5, 0.6) is 5.75 Å². The highest BCUT2D eigenvalue weighted by molar-refractivity contribution is 7.07. The van der Waals surface area contributed by atoms with Crippen molar-refractivity contribution in [1.29, 1.82) is 10.5 Å². The fourth-order valence-electron chi connectivity index (χ4n) is 4.13. The Balaban J connectivity index is 1.88. The minimum absolute atomic E-state index is 0.0270. The van der Waals surface area contributed by atoms with E-state index >= 15 is 0 Å². The number of benzene rings is 3. The van der Waals surface area contributed by atoms with Crippen molar-refractivity contribution in [2.45, 2.75) is 0 Å². The number of ether oxygens (including phenoxy) is 1. The van der Waals surface area contributed by atoms with Crippen LogP contribution < -0.4 is 20.8 Å². The van der Waals surface area contributed by atoms with Crippen LogP contribution in [0.3, 0.4) is 0 Å². The predicted octanol–water partition coefficient (Wildman–Crippen LogP) is 5.39. The van der Waals surface area contributed by atoms with E-state index in [0.717, 1.165) is 21.6 Å². The molecule has 10 heteroatoms. The van der Waals surface area contributed by atoms with Crippen molar-refractivity contribution < 1.29 is 4.74 Å². The van der Waals surface area contributed by atoms with Gasteiger partial charge in [0, 0.05) is 21.7 Å². The summed E-state index contributed by atoms with van der Waals surface area (Å²) in [4.78, 5) is 14.0. The number of nitrogens with two attached hydrogens (primary N) is 1. The fourth-order valence-corrected chi connectivity index (χ4v) is 5.15. The third kappa shape index (κ3) is 4.69. The van der Waals surface area contributed by atoms with Crippen LogP contribution in [-0.2, 0) is 0 Å². The Morgan fingerprint density at radius 3 is 2.18 bits per heavy atom. The van der Waals surface area contributed by atoms with Crippen molar-refractivity contribution >= 4 is 28.6 Å². The van der Waals surface area contributed by atoms with Crippen LogP contribution in [0, 0.1) is 22.7 Å². The monoisotopic (exact) mass is 550 g/mol. The number of thiazole rings is 1. The number of hydrogen-bond acceptors (Lipinski definition) is 7. The second-order valence-corrected chi connectivity index (χ2v) is 9.54. The molecule has 0 unspecified atom stereocenters. The second kappa shape index (κ2) is 10.7. The van der Waals surface area contributed by atoms with Gasteiger partial charge in [0.25, 0.3) is 5.56 Å². The summed E-state index contributed by atoms with van der Waals surface area (Å²) in [6.07, 6.45) is 0. The Hall–Kier alpha value is -5.09. The number of aromatic nitrogens is 2. The zero-order chi connectivity index (χ0) is 27.5. The molecule has 0 atom stereocenters. The Kier molecular flexibility index (Phi) is 7.02. The van der Waals surface area contributed by atoms with Crippen molar-refractivity contribution in [3.05, 3.63) is 116 Å². The lowest BCUT2D eigenvalue weighted by molar-refractivity contribution is 0.415. The molecular formula is C29H19ClN6O2S. The van der Waals surface area contributed by atoms with E-state index in [1.165, 1.54) is 18.4 Å². The molecule has 190 valence electrons. The average molecular weight is 551 g/mol. The molecule has 3 aromatic carbocycles. The standard InChI is InChI=1S/C29H19ClN6O2S/c1-38-22-13-9-19(10-14-22)27-23(15-31)26(33)24(16-32)28(37)36(27)34-29-35(21-5-3-2-4-6-21)25(17-39-29)18-7-11-20(30)12-8-18/h2-14,17H,33H2,1H3/b34-29+. The molecule has 5 aromatic rings. The van der Waals surface area contributed by atoms with Crippen LogP contribution in [0.25, 0.3) is 28.2 Å². The summed E-state index contributed by atoms with van der Waals surface area (Å²) in [5.74, 6) is 0.595. The summed E-state index contributed by atoms with van der Waals surface area (Å²) in [6, 6.07) is 27.6. The summed E-state index contributed by atoms with van der Waals surface area (Å²) in [7, 11) is 1.54. The number of anilines is 1. The van der Waals surface area contributed by atoms with Crippen molar-refractivity contribution in [1.82, 2.24) is 9.24 Å². The van der Waals surface area contributed by atoms with Gasteiger partial charge in [-0.15, -0.1) is 16.4 Å². The summed E-state index contributed by atoms with van der Waals surface area (Å²) >= 11 is 7.42. The lowest BCUT2D eigenvalue weighted by atomic mass is 10.0. The highest BCUT2D eigenvalue weighted by atomic mass is 35.5. The van der Waals surface area contributed by atoms with Gasteiger partial charge >= 0.3 is 0 Å². The first kappa shape index (κ1) is 25.6. The molecule has 0 amide bonds. The minimum Gasteiger partial charge on any atom is -0.497 e. The number of halogens is 1. The average Bonchev–Trinajstić information content (AvgIpc) is 3.39. The van der Waals surface area contributed by atoms with Crippen molar-refractivity contribution in [3.8, 4) is 46.1 Å². The second-order valence-electron chi connectivity index (χ2n) is 8.26. The number of rotatable bonds is 5. The SMILES string of the molecule is COc1ccc(-c2c(C#N)c(N)c(C#N)c(=O)n2/N=c2/scc(-c3ccc(Cl)cc3)n2-c2ccccc2)cc1. The van der Waals surface area contributed by atoms with E-state index in [0.29, 0.717) is 21.1 Å². The van der Waals surface area contributed by atoms with Crippen LogP contribution in [0.2, 0.25) is 5.02 Å². The molecule has 0 aliphatic heterocycles. The number of nitriles is 2. The van der Waals surface area contributed by atoms with Crippen LogP contribution in [0.15, 0.2) is 94.1 Å². The quantitative estimate of drug-likeness (QED) is 0.314. The maximum Gasteiger partial charge on any atom is 0.291 e. The van der Waals surface area contributed by atoms with Gasteiger partial charge in [-0.2, -0.15) is 15.2 Å². The summed E-state index contributed by atoms with van der Waals surface area (Å²) < 4.78 is 8.22. The highest BCUT2D eigenvalue weighted by Crippen LogP contribution is 2.30. The lowest BCUT2D eigenvalue weighted by Gasteiger charge is -2.14. The smallest absolute Gasteiger partial charge is 0.291 e. The number of methoxy groups -OCH3 is 1. The predicted molar refractivity (Wildman–Crippen MR) is 152 cm³/mol. The molecule has 0 fully saturated rings. The van der Waals surface area contributed by atoms with E-state index in [1.54, 1.807) is 36.4 Å². The maximum absolute atomic E-state index is 13.6. The molecule has 2 N–H and O–H groups in total. The van der Waals surface area contributed by atoms with Gasteiger partial charge in [-0.3, -0.25) is 9.36 Å². The number of hydrogen-bond donors (Lipinski definition) is 1. The van der Waals surface area contributed by atoms with E-state index in [4.69, 9.17) is 27.2 Å². The number of para-hydroxylation sites is 1. The van der Waals surface area contributed by atoms with Crippen LogP contribution in [-0.4, -0.2) is 16.4 Å². The molecule has 0 bridgehead atoms. The van der Waals surface area contributed by atoms with E-state index < -0.39 is 5.56 Å². The molecule has 8 nitrogen and oxygen atoms in total. The molecule has 0 aliphatic carbocycles. The van der Waals surface area contributed by atoms with Gasteiger partial charge in [-0.1, -0.05) is 41.9 Å². The molecule has 0 radical (unpaired) electrons. The molecule has 2 heterocycles. The molecular weight excluding hydrogens is 532 g/mol. The minimum atomic E-state index is -0.735. The van der Waals surface area contributed by atoms with Crippen molar-refractivity contribution in [2.75, 3.05) is 12.8 Å². The van der Waals surface area contributed by atoms with E-state index in [2.05, 4.69) is 6.07 Å². The molecule has 5 rings (SSSR count). The summed E-state index contributed by atoms with van der Waals surface area (Å²) in [5.41, 5.74) is 8.01. The van der Waals surface area contributed by atoms with Gasteiger partial charge in [-0.05, 0) is 54.1 Å². The zero-order valence-corrected chi connectivity index (χ0v) is 22.1. The van der Waals surface area contributed by atoms with Gasteiger partial charge in [0.15, 0.2) is 0 Å². The highest BCUT2D eigenvalue weighted by Gasteiger charge is 2.22. The first-order valence-corrected chi connectivity index (χ1v) is 12.8. The first-order valence-electron chi connectivity index (χ1n) is 11.6. The van der Waals surface area contributed by atoms with Crippen LogP contribution >= 0.6 is 22.9 Å². The van der Waals surface area contributed by atoms with Crippen LogP contribution in [0.4, 0.5) is 5.69 Å².